The minimum absolute atomic E-state index is 0.251. The molecule has 2 aliphatic rings. The second-order valence-electron chi connectivity index (χ2n) is 7.15. The third-order valence-corrected chi connectivity index (χ3v) is 4.74. The van der Waals surface area contributed by atoms with E-state index in [1.165, 1.54) is 0 Å². The smallest absolute Gasteiger partial charge is 0.326 e. The van der Waals surface area contributed by atoms with Gasteiger partial charge in [0.1, 0.15) is 6.54 Å². The van der Waals surface area contributed by atoms with E-state index >= 15 is 0 Å². The van der Waals surface area contributed by atoms with Crippen LogP contribution in [0.5, 0.6) is 0 Å². The highest BCUT2D eigenvalue weighted by atomic mass is 16.5. The fourth-order valence-electron chi connectivity index (χ4n) is 3.66. The molecule has 1 aromatic carbocycles. The zero-order valence-electron chi connectivity index (χ0n) is 14.9. The van der Waals surface area contributed by atoms with Crippen molar-refractivity contribution in [2.75, 3.05) is 26.2 Å². The molecule has 2 heterocycles. The number of likely N-dealkylation sites (tertiary alicyclic amines) is 1. The predicted octanol–water partition coefficient (Wildman–Crippen LogP) is 1.33. The Bertz CT molecular complexity index is 715. The van der Waals surface area contributed by atoms with Crippen molar-refractivity contribution in [3.05, 3.63) is 35.4 Å². The first kappa shape index (κ1) is 18.1. The lowest BCUT2D eigenvalue weighted by Crippen LogP contribution is -2.45. The van der Waals surface area contributed by atoms with E-state index in [0.717, 1.165) is 11.3 Å². The van der Waals surface area contributed by atoms with Crippen LogP contribution in [0.3, 0.4) is 0 Å². The molecule has 26 heavy (non-hydrogen) atoms. The van der Waals surface area contributed by atoms with Gasteiger partial charge in [0, 0.05) is 13.1 Å². The molecule has 0 saturated carbocycles. The van der Waals surface area contributed by atoms with Gasteiger partial charge in [-0.15, -0.1) is 0 Å². The summed E-state index contributed by atoms with van der Waals surface area (Å²) in [6.45, 7) is 4.61. The van der Waals surface area contributed by atoms with E-state index < -0.39 is 24.3 Å². The largest absolute Gasteiger partial charge is 0.454 e. The third kappa shape index (κ3) is 3.61. The van der Waals surface area contributed by atoms with Crippen molar-refractivity contribution >= 4 is 23.7 Å². The molecule has 7 nitrogen and oxygen atoms in total. The molecule has 0 N–H and O–H groups in total. The Morgan fingerprint density at radius 1 is 1.04 bits per heavy atom. The maximum Gasteiger partial charge on any atom is 0.326 e. The van der Waals surface area contributed by atoms with Gasteiger partial charge in [-0.1, -0.05) is 26.0 Å². The average molecular weight is 358 g/mol. The highest BCUT2D eigenvalue weighted by Crippen LogP contribution is 2.22. The number of amides is 3. The second-order valence-corrected chi connectivity index (χ2v) is 7.15. The number of benzene rings is 1. The number of fused-ring (bicyclic) bond motifs is 1. The molecule has 0 radical (unpaired) electrons. The molecule has 2 atom stereocenters. The molecule has 0 spiro atoms. The number of hydrogen-bond acceptors (Lipinski definition) is 5. The molecule has 0 bridgehead atoms. The summed E-state index contributed by atoms with van der Waals surface area (Å²) < 4.78 is 5.01. The SMILES string of the molecule is CC1CC(C)CN(C(=O)COC(=O)CN2C(=O)c3ccccc3C2=O)C1. The highest BCUT2D eigenvalue weighted by molar-refractivity contribution is 6.22. The van der Waals surface area contributed by atoms with Gasteiger partial charge in [0.25, 0.3) is 17.7 Å². The molecule has 1 aromatic rings. The number of esters is 1. The normalized spacial score (nSPS) is 22.4. The van der Waals surface area contributed by atoms with Gasteiger partial charge in [-0.25, -0.2) is 0 Å². The van der Waals surface area contributed by atoms with Gasteiger partial charge in [0.15, 0.2) is 6.61 Å². The molecule has 0 aliphatic carbocycles. The quantitative estimate of drug-likeness (QED) is 0.599. The lowest BCUT2D eigenvalue weighted by atomic mass is 9.92. The van der Waals surface area contributed by atoms with E-state index in [9.17, 15) is 19.2 Å². The van der Waals surface area contributed by atoms with Crippen LogP contribution in [-0.2, 0) is 14.3 Å². The molecule has 3 rings (SSSR count). The molecule has 1 saturated heterocycles. The summed E-state index contributed by atoms with van der Waals surface area (Å²) in [6.07, 6.45) is 1.07. The lowest BCUT2D eigenvalue weighted by molar-refractivity contribution is -0.153. The Hall–Kier alpha value is -2.70. The van der Waals surface area contributed by atoms with Gasteiger partial charge in [-0.05, 0) is 30.4 Å². The maximum atomic E-state index is 12.2. The second kappa shape index (κ2) is 7.27. The summed E-state index contributed by atoms with van der Waals surface area (Å²) in [5, 5.41) is 0. The highest BCUT2D eigenvalue weighted by Gasteiger charge is 2.36. The molecule has 0 aromatic heterocycles. The van der Waals surface area contributed by atoms with Gasteiger partial charge >= 0.3 is 5.97 Å². The first-order valence-electron chi connectivity index (χ1n) is 8.75. The van der Waals surface area contributed by atoms with Crippen LogP contribution in [-0.4, -0.2) is 59.7 Å². The van der Waals surface area contributed by atoms with Gasteiger partial charge in [-0.3, -0.25) is 24.1 Å². The van der Waals surface area contributed by atoms with E-state index in [1.54, 1.807) is 29.2 Å². The summed E-state index contributed by atoms with van der Waals surface area (Å²) in [7, 11) is 0. The van der Waals surface area contributed by atoms with Crippen molar-refractivity contribution in [1.29, 1.82) is 0 Å². The summed E-state index contributed by atoms with van der Waals surface area (Å²) in [6, 6.07) is 6.41. The molecule has 138 valence electrons. The Balaban J connectivity index is 1.53. The van der Waals surface area contributed by atoms with Crippen LogP contribution in [0.4, 0.5) is 0 Å². The minimum Gasteiger partial charge on any atom is -0.454 e. The summed E-state index contributed by atoms with van der Waals surface area (Å²) in [4.78, 5) is 51.3. The zero-order valence-corrected chi connectivity index (χ0v) is 14.9. The van der Waals surface area contributed by atoms with Crippen molar-refractivity contribution in [2.45, 2.75) is 20.3 Å². The third-order valence-electron chi connectivity index (χ3n) is 4.74. The predicted molar refractivity (Wildman–Crippen MR) is 92.3 cm³/mol. The number of rotatable bonds is 4. The monoisotopic (exact) mass is 358 g/mol. The van der Waals surface area contributed by atoms with Crippen molar-refractivity contribution in [2.24, 2.45) is 11.8 Å². The van der Waals surface area contributed by atoms with Crippen LogP contribution in [0, 0.1) is 11.8 Å². The van der Waals surface area contributed by atoms with E-state index in [1.807, 2.05) is 0 Å². The Morgan fingerprint density at radius 3 is 2.12 bits per heavy atom. The average Bonchev–Trinajstić information content (AvgIpc) is 2.84. The summed E-state index contributed by atoms with van der Waals surface area (Å²) in [5.41, 5.74) is 0.551. The molecule has 2 unspecified atom stereocenters. The van der Waals surface area contributed by atoms with Gasteiger partial charge in [0.05, 0.1) is 11.1 Å². The van der Waals surface area contributed by atoms with Crippen molar-refractivity contribution < 1.29 is 23.9 Å². The fourth-order valence-corrected chi connectivity index (χ4v) is 3.66. The summed E-state index contributed by atoms with van der Waals surface area (Å²) in [5.74, 6) is -1.24. The summed E-state index contributed by atoms with van der Waals surface area (Å²) >= 11 is 0. The van der Waals surface area contributed by atoms with Gasteiger partial charge in [0.2, 0.25) is 0 Å². The van der Waals surface area contributed by atoms with Gasteiger partial charge in [-0.2, -0.15) is 0 Å². The first-order valence-corrected chi connectivity index (χ1v) is 8.75. The minimum atomic E-state index is -0.772. The van der Waals surface area contributed by atoms with Crippen LogP contribution >= 0.6 is 0 Å². The lowest BCUT2D eigenvalue weighted by Gasteiger charge is -2.34. The fraction of sp³-hybridized carbons (Fsp3) is 0.474. The maximum absolute atomic E-state index is 12.2. The Kier molecular flexibility index (Phi) is 5.06. The molecule has 1 fully saturated rings. The van der Waals surface area contributed by atoms with E-state index in [-0.39, 0.29) is 23.6 Å². The van der Waals surface area contributed by atoms with Gasteiger partial charge < -0.3 is 9.64 Å². The molecular formula is C19H22N2O5. The standard InChI is InChI=1S/C19H22N2O5/c1-12-7-13(2)9-20(8-12)16(22)11-26-17(23)10-21-18(24)14-5-3-4-6-15(14)19(21)25/h3-6,12-13H,7-11H2,1-2H3. The topological polar surface area (TPSA) is 84.0 Å². The number of nitrogens with zero attached hydrogens (tertiary/aromatic N) is 2. The van der Waals surface area contributed by atoms with Crippen molar-refractivity contribution in [3.63, 3.8) is 0 Å². The zero-order chi connectivity index (χ0) is 18.8. The van der Waals surface area contributed by atoms with Crippen LogP contribution in [0.25, 0.3) is 0 Å². The number of carbonyl (C=O) groups is 4. The van der Waals surface area contributed by atoms with Crippen LogP contribution < -0.4 is 0 Å². The number of piperidine rings is 1. The molecule has 2 aliphatic heterocycles. The van der Waals surface area contributed by atoms with Crippen LogP contribution in [0.1, 0.15) is 41.0 Å². The number of ether oxygens (including phenoxy) is 1. The molecular weight excluding hydrogens is 336 g/mol. The van der Waals surface area contributed by atoms with E-state index in [4.69, 9.17) is 4.74 Å². The Morgan fingerprint density at radius 2 is 1.58 bits per heavy atom. The number of imide groups is 1. The number of hydrogen-bond donors (Lipinski definition) is 0. The number of carbonyl (C=O) groups excluding carboxylic acids is 4. The Labute approximate surface area is 151 Å². The van der Waals surface area contributed by atoms with Crippen molar-refractivity contribution in [3.8, 4) is 0 Å². The first-order chi connectivity index (χ1) is 12.4. The molecule has 3 amide bonds. The van der Waals surface area contributed by atoms with Crippen LogP contribution in [0.15, 0.2) is 24.3 Å². The van der Waals surface area contributed by atoms with E-state index in [0.29, 0.717) is 24.9 Å². The van der Waals surface area contributed by atoms with E-state index in [2.05, 4.69) is 13.8 Å². The van der Waals surface area contributed by atoms with Crippen LogP contribution in [0.2, 0.25) is 0 Å². The van der Waals surface area contributed by atoms with Crippen molar-refractivity contribution in [1.82, 2.24) is 9.80 Å². The molecule has 7 heteroatoms.